The lowest BCUT2D eigenvalue weighted by molar-refractivity contribution is -0.118. The van der Waals surface area contributed by atoms with Crippen molar-refractivity contribution in [2.45, 2.75) is 19.4 Å². The molecule has 2 aromatic carbocycles. The average Bonchev–Trinajstić information content (AvgIpc) is 2.90. The number of aryl methyl sites for hydroxylation is 1. The molecule has 2 aliphatic heterocycles. The second kappa shape index (κ2) is 9.55. The Labute approximate surface area is 199 Å². The standard InChI is InChI=1S/C27H28N4O3/c1-29-25-9-7-21(15-22(25)8-10-26(29)32)23-16-24(18-28-17-23)30-11-13-31(14-12-30)27(33)34-19-20-5-3-2-4-6-20/h2-7,9,15-18H,8,10-14,19H2,1H3. The summed E-state index contributed by atoms with van der Waals surface area (Å²) in [6.07, 6.45) is 4.79. The van der Waals surface area contributed by atoms with Crippen LogP contribution in [0.15, 0.2) is 67.0 Å². The predicted molar refractivity (Wildman–Crippen MR) is 132 cm³/mol. The summed E-state index contributed by atoms with van der Waals surface area (Å²) in [4.78, 5) is 34.7. The van der Waals surface area contributed by atoms with Crippen LogP contribution in [0.3, 0.4) is 0 Å². The van der Waals surface area contributed by atoms with Gasteiger partial charge in [0.25, 0.3) is 0 Å². The Bertz CT molecular complexity index is 1190. The fourth-order valence-corrected chi connectivity index (χ4v) is 4.55. The molecular formula is C27H28N4O3. The van der Waals surface area contributed by atoms with Crippen molar-refractivity contribution in [3.05, 3.63) is 78.1 Å². The summed E-state index contributed by atoms with van der Waals surface area (Å²) in [7, 11) is 1.83. The number of hydrogen-bond acceptors (Lipinski definition) is 5. The number of rotatable bonds is 4. The van der Waals surface area contributed by atoms with Crippen molar-refractivity contribution < 1.29 is 14.3 Å². The van der Waals surface area contributed by atoms with Crippen molar-refractivity contribution in [1.29, 1.82) is 0 Å². The molecule has 2 aliphatic rings. The van der Waals surface area contributed by atoms with Crippen LogP contribution >= 0.6 is 0 Å². The van der Waals surface area contributed by atoms with Crippen LogP contribution in [0.1, 0.15) is 17.5 Å². The Balaban J connectivity index is 1.22. The molecule has 0 bridgehead atoms. The molecule has 0 spiro atoms. The highest BCUT2D eigenvalue weighted by Crippen LogP contribution is 2.32. The third kappa shape index (κ3) is 4.59. The van der Waals surface area contributed by atoms with Gasteiger partial charge in [0.2, 0.25) is 5.91 Å². The molecule has 0 radical (unpaired) electrons. The maximum Gasteiger partial charge on any atom is 0.410 e. The lowest BCUT2D eigenvalue weighted by atomic mass is 9.96. The zero-order chi connectivity index (χ0) is 23.5. The van der Waals surface area contributed by atoms with Gasteiger partial charge in [0, 0.05) is 57.1 Å². The smallest absolute Gasteiger partial charge is 0.410 e. The molecular weight excluding hydrogens is 428 g/mol. The third-order valence-electron chi connectivity index (χ3n) is 6.59. The van der Waals surface area contributed by atoms with Crippen molar-refractivity contribution in [2.24, 2.45) is 0 Å². The number of piperazine rings is 1. The molecule has 34 heavy (non-hydrogen) atoms. The van der Waals surface area contributed by atoms with Crippen LogP contribution in [-0.2, 0) is 22.6 Å². The molecule has 0 N–H and O–H groups in total. The number of hydrogen-bond donors (Lipinski definition) is 0. The van der Waals surface area contributed by atoms with E-state index in [-0.39, 0.29) is 18.6 Å². The van der Waals surface area contributed by atoms with Crippen molar-refractivity contribution in [1.82, 2.24) is 9.88 Å². The zero-order valence-corrected chi connectivity index (χ0v) is 19.3. The topological polar surface area (TPSA) is 66.0 Å². The lowest BCUT2D eigenvalue weighted by Crippen LogP contribution is -2.49. The van der Waals surface area contributed by atoms with Gasteiger partial charge in [0.1, 0.15) is 6.61 Å². The normalized spacial score (nSPS) is 15.8. The molecule has 3 heterocycles. The second-order valence-electron chi connectivity index (χ2n) is 8.74. The minimum atomic E-state index is -0.270. The van der Waals surface area contributed by atoms with E-state index in [2.05, 4.69) is 28.1 Å². The third-order valence-corrected chi connectivity index (χ3v) is 6.59. The van der Waals surface area contributed by atoms with Gasteiger partial charge in [-0.15, -0.1) is 0 Å². The summed E-state index contributed by atoms with van der Waals surface area (Å²) in [6, 6.07) is 18.1. The number of pyridine rings is 1. The monoisotopic (exact) mass is 456 g/mol. The summed E-state index contributed by atoms with van der Waals surface area (Å²) in [5, 5.41) is 0. The Morgan fingerprint density at radius 1 is 0.941 bits per heavy atom. The summed E-state index contributed by atoms with van der Waals surface area (Å²) >= 11 is 0. The number of carbonyl (C=O) groups excluding carboxylic acids is 2. The number of nitrogens with zero attached hydrogens (tertiary/aromatic N) is 4. The fraction of sp³-hybridized carbons (Fsp3) is 0.296. The molecule has 1 fully saturated rings. The minimum absolute atomic E-state index is 0.159. The Hall–Kier alpha value is -3.87. The van der Waals surface area contributed by atoms with E-state index in [9.17, 15) is 9.59 Å². The van der Waals surface area contributed by atoms with Crippen LogP contribution in [-0.4, -0.2) is 55.1 Å². The number of amides is 2. The number of ether oxygens (including phenoxy) is 1. The van der Waals surface area contributed by atoms with Crippen molar-refractivity contribution in [3.63, 3.8) is 0 Å². The van der Waals surface area contributed by atoms with Crippen molar-refractivity contribution in [2.75, 3.05) is 43.0 Å². The molecule has 1 aromatic heterocycles. The van der Waals surface area contributed by atoms with Crippen molar-refractivity contribution >= 4 is 23.4 Å². The summed E-state index contributed by atoms with van der Waals surface area (Å²) in [6.45, 7) is 2.95. The van der Waals surface area contributed by atoms with Gasteiger partial charge in [-0.05, 0) is 41.3 Å². The van der Waals surface area contributed by atoms with E-state index in [0.29, 0.717) is 19.5 Å². The zero-order valence-electron chi connectivity index (χ0n) is 19.3. The van der Waals surface area contributed by atoms with Gasteiger partial charge in [-0.1, -0.05) is 36.4 Å². The van der Waals surface area contributed by atoms with Crippen LogP contribution in [0.4, 0.5) is 16.2 Å². The molecule has 5 rings (SSSR count). The lowest BCUT2D eigenvalue weighted by Gasteiger charge is -2.35. The highest BCUT2D eigenvalue weighted by molar-refractivity contribution is 5.96. The van der Waals surface area contributed by atoms with Crippen LogP contribution in [0.2, 0.25) is 0 Å². The minimum Gasteiger partial charge on any atom is -0.445 e. The van der Waals surface area contributed by atoms with Crippen LogP contribution < -0.4 is 9.80 Å². The van der Waals surface area contributed by atoms with Gasteiger partial charge in [-0.2, -0.15) is 0 Å². The van der Waals surface area contributed by atoms with Crippen LogP contribution in [0.5, 0.6) is 0 Å². The SMILES string of the molecule is CN1C(=O)CCc2cc(-c3cncc(N4CCN(C(=O)OCc5ccccc5)CC4)c3)ccc21. The van der Waals surface area contributed by atoms with E-state index in [0.717, 1.165) is 47.6 Å². The molecule has 1 saturated heterocycles. The van der Waals surface area contributed by atoms with E-state index in [4.69, 9.17) is 4.74 Å². The first-order valence-corrected chi connectivity index (χ1v) is 11.6. The van der Waals surface area contributed by atoms with E-state index in [1.54, 1.807) is 9.80 Å². The molecule has 2 amide bonds. The first-order chi connectivity index (χ1) is 16.6. The van der Waals surface area contributed by atoms with Gasteiger partial charge < -0.3 is 19.4 Å². The maximum absolute atomic E-state index is 12.5. The molecule has 0 saturated carbocycles. The van der Waals surface area contributed by atoms with E-state index >= 15 is 0 Å². The number of carbonyl (C=O) groups is 2. The molecule has 174 valence electrons. The quantitative estimate of drug-likeness (QED) is 0.591. The number of anilines is 2. The van der Waals surface area contributed by atoms with Gasteiger partial charge >= 0.3 is 6.09 Å². The molecule has 3 aromatic rings. The summed E-state index contributed by atoms with van der Waals surface area (Å²) in [5.41, 5.74) is 6.34. The fourth-order valence-electron chi connectivity index (χ4n) is 4.55. The van der Waals surface area contributed by atoms with Crippen LogP contribution in [0, 0.1) is 0 Å². The molecule has 7 heteroatoms. The first kappa shape index (κ1) is 21.9. The Morgan fingerprint density at radius 3 is 2.53 bits per heavy atom. The van der Waals surface area contributed by atoms with Gasteiger partial charge in [0.15, 0.2) is 0 Å². The largest absolute Gasteiger partial charge is 0.445 e. The highest BCUT2D eigenvalue weighted by Gasteiger charge is 2.24. The van der Waals surface area contributed by atoms with Gasteiger partial charge in [-0.3, -0.25) is 9.78 Å². The molecule has 0 atom stereocenters. The highest BCUT2D eigenvalue weighted by atomic mass is 16.6. The second-order valence-corrected chi connectivity index (χ2v) is 8.74. The van der Waals surface area contributed by atoms with Gasteiger partial charge in [0.05, 0.1) is 11.9 Å². The predicted octanol–water partition coefficient (Wildman–Crippen LogP) is 4.12. The van der Waals surface area contributed by atoms with Gasteiger partial charge in [-0.25, -0.2) is 4.79 Å². The van der Waals surface area contributed by atoms with Crippen LogP contribution in [0.25, 0.3) is 11.1 Å². The average molecular weight is 457 g/mol. The molecule has 7 nitrogen and oxygen atoms in total. The Morgan fingerprint density at radius 2 is 1.74 bits per heavy atom. The van der Waals surface area contributed by atoms with Crippen molar-refractivity contribution in [3.8, 4) is 11.1 Å². The molecule has 0 aliphatic carbocycles. The van der Waals surface area contributed by atoms with E-state index in [1.165, 1.54) is 5.56 Å². The van der Waals surface area contributed by atoms with E-state index < -0.39 is 0 Å². The van der Waals surface area contributed by atoms with E-state index in [1.807, 2.05) is 55.8 Å². The summed E-state index contributed by atoms with van der Waals surface area (Å²) < 4.78 is 5.48. The first-order valence-electron chi connectivity index (χ1n) is 11.6. The number of aromatic nitrogens is 1. The summed E-state index contributed by atoms with van der Waals surface area (Å²) in [5.74, 6) is 0.159. The molecule has 0 unspecified atom stereocenters. The Kier molecular flexibility index (Phi) is 6.16. The number of fused-ring (bicyclic) bond motifs is 1. The maximum atomic E-state index is 12.5. The number of benzene rings is 2.